The zero-order valence-corrected chi connectivity index (χ0v) is 18.3. The van der Waals surface area contributed by atoms with Gasteiger partial charge in [-0.15, -0.1) is 0 Å². The first-order valence-corrected chi connectivity index (χ1v) is 10.6. The van der Waals surface area contributed by atoms with E-state index in [-0.39, 0.29) is 11.5 Å². The van der Waals surface area contributed by atoms with Gasteiger partial charge in [0.25, 0.3) is 5.91 Å². The maximum atomic E-state index is 13.7. The van der Waals surface area contributed by atoms with Gasteiger partial charge in [-0.05, 0) is 42.0 Å². The lowest BCUT2D eigenvalue weighted by atomic mass is 9.90. The molecule has 3 aromatic rings. The molecule has 3 atom stereocenters. The van der Waals surface area contributed by atoms with Crippen molar-refractivity contribution >= 4 is 23.2 Å². The van der Waals surface area contributed by atoms with Crippen LogP contribution in [0.25, 0.3) is 0 Å². The van der Waals surface area contributed by atoms with Gasteiger partial charge in [0.2, 0.25) is 5.91 Å². The molecule has 0 radical (unpaired) electrons. The number of benzene rings is 3. The van der Waals surface area contributed by atoms with Crippen LogP contribution in [0.1, 0.15) is 17.2 Å². The summed E-state index contributed by atoms with van der Waals surface area (Å²) in [6.07, 6.45) is -6.11. The Labute approximate surface area is 197 Å². The highest BCUT2D eigenvalue weighted by Gasteiger charge is 2.61. The highest BCUT2D eigenvalue weighted by atomic mass is 19.4. The monoisotopic (exact) mass is 484 g/mol. The largest absolute Gasteiger partial charge is 0.504 e. The molecule has 2 fully saturated rings. The zero-order chi connectivity index (χ0) is 24.9. The van der Waals surface area contributed by atoms with Crippen molar-refractivity contribution in [3.05, 3.63) is 83.9 Å². The van der Waals surface area contributed by atoms with E-state index in [1.54, 1.807) is 36.4 Å². The van der Waals surface area contributed by atoms with E-state index in [2.05, 4.69) is 0 Å². The van der Waals surface area contributed by atoms with E-state index in [4.69, 9.17) is 9.57 Å². The van der Waals surface area contributed by atoms with E-state index in [0.717, 1.165) is 12.1 Å². The summed E-state index contributed by atoms with van der Waals surface area (Å²) in [5.41, 5.74) is -0.615. The molecule has 2 saturated heterocycles. The highest BCUT2D eigenvalue weighted by molar-refractivity contribution is 6.24. The maximum Gasteiger partial charge on any atom is 0.418 e. The van der Waals surface area contributed by atoms with Crippen LogP contribution in [0.5, 0.6) is 11.5 Å². The van der Waals surface area contributed by atoms with Crippen LogP contribution in [-0.4, -0.2) is 30.1 Å². The van der Waals surface area contributed by atoms with Crippen molar-refractivity contribution in [1.29, 1.82) is 0 Å². The second-order valence-electron chi connectivity index (χ2n) is 8.12. The second kappa shape index (κ2) is 8.31. The number of alkyl halides is 3. The number of ether oxygens (including phenoxy) is 1. The second-order valence-corrected chi connectivity index (χ2v) is 8.12. The molecule has 7 nitrogen and oxygen atoms in total. The predicted molar refractivity (Wildman–Crippen MR) is 119 cm³/mol. The molecule has 2 amide bonds. The van der Waals surface area contributed by atoms with Crippen LogP contribution in [-0.2, 0) is 20.6 Å². The lowest BCUT2D eigenvalue weighted by Crippen LogP contribution is -2.38. The predicted octanol–water partition coefficient (Wildman–Crippen LogP) is 4.47. The number of carbonyl (C=O) groups excluding carboxylic acids is 2. The maximum absolute atomic E-state index is 13.7. The number of aromatic hydroxyl groups is 1. The van der Waals surface area contributed by atoms with Crippen LogP contribution < -0.4 is 14.7 Å². The minimum absolute atomic E-state index is 0.132. The molecule has 0 aliphatic carbocycles. The molecule has 10 heteroatoms. The third kappa shape index (κ3) is 3.66. The van der Waals surface area contributed by atoms with Crippen LogP contribution in [0.4, 0.5) is 24.5 Å². The Bertz CT molecular complexity index is 1300. The third-order valence-electron chi connectivity index (χ3n) is 6.12. The number of anilines is 2. The Morgan fingerprint density at radius 2 is 1.63 bits per heavy atom. The number of hydrogen-bond acceptors (Lipinski definition) is 6. The van der Waals surface area contributed by atoms with Crippen LogP contribution in [0, 0.1) is 5.92 Å². The van der Waals surface area contributed by atoms with E-state index in [9.17, 15) is 27.9 Å². The standard InChI is InChI=1S/C25H19F3N2O5/c1-34-19-13-14(11-12-18(19)31)21-20-22(35-30(21)15-7-3-2-4-8-15)24(33)29(23(20)32)17-10-6-5-9-16(17)25(26,27)28/h2-13,20-22,31H,1H3/t20-,21-,22+/m0/s1. The van der Waals surface area contributed by atoms with E-state index < -0.39 is 47.3 Å². The van der Waals surface area contributed by atoms with E-state index >= 15 is 0 Å². The highest BCUT2D eigenvalue weighted by Crippen LogP contribution is 2.49. The van der Waals surface area contributed by atoms with Crippen molar-refractivity contribution in [2.75, 3.05) is 17.1 Å². The van der Waals surface area contributed by atoms with Gasteiger partial charge in [-0.1, -0.05) is 36.4 Å². The molecule has 5 rings (SSSR count). The molecule has 180 valence electrons. The number of halogens is 3. The fraction of sp³-hybridized carbons (Fsp3) is 0.200. The number of hydroxylamine groups is 1. The van der Waals surface area contributed by atoms with Gasteiger partial charge in [0.1, 0.15) is 5.92 Å². The first-order valence-electron chi connectivity index (χ1n) is 10.6. The summed E-state index contributed by atoms with van der Waals surface area (Å²) < 4.78 is 46.2. The first-order chi connectivity index (χ1) is 16.7. The number of carbonyl (C=O) groups is 2. The average Bonchev–Trinajstić information content (AvgIpc) is 3.35. The SMILES string of the molecule is COc1cc([C@H]2[C@@H]3C(=O)N(c4ccccc4C(F)(F)F)C(=O)[C@@H]3ON2c2ccccc2)ccc1O. The van der Waals surface area contributed by atoms with Crippen LogP contribution in [0.2, 0.25) is 0 Å². The van der Waals surface area contributed by atoms with Crippen LogP contribution >= 0.6 is 0 Å². The summed E-state index contributed by atoms with van der Waals surface area (Å²) in [5.74, 6) is -2.83. The molecule has 0 aromatic heterocycles. The Kier molecular flexibility index (Phi) is 5.40. The number of para-hydroxylation sites is 2. The normalized spacial score (nSPS) is 22.0. The number of rotatable bonds is 4. The summed E-state index contributed by atoms with van der Waals surface area (Å²) in [6, 6.07) is 16.7. The van der Waals surface area contributed by atoms with Crippen molar-refractivity contribution in [2.24, 2.45) is 5.92 Å². The van der Waals surface area contributed by atoms with Crippen molar-refractivity contribution in [3.8, 4) is 11.5 Å². The van der Waals surface area contributed by atoms with E-state index in [1.165, 1.54) is 36.4 Å². The Balaban J connectivity index is 1.62. The number of fused-ring (bicyclic) bond motifs is 1. The molecule has 0 bridgehead atoms. The van der Waals surface area contributed by atoms with Crippen LogP contribution in [0.15, 0.2) is 72.8 Å². The fourth-order valence-electron chi connectivity index (χ4n) is 4.58. The first kappa shape index (κ1) is 22.7. The van der Waals surface area contributed by atoms with Gasteiger partial charge in [-0.25, -0.2) is 9.96 Å². The number of nitrogens with zero attached hydrogens (tertiary/aromatic N) is 2. The van der Waals surface area contributed by atoms with Crippen molar-refractivity contribution in [3.63, 3.8) is 0 Å². The minimum atomic E-state index is -4.77. The molecule has 3 aromatic carbocycles. The van der Waals surface area contributed by atoms with Crippen molar-refractivity contribution in [1.82, 2.24) is 0 Å². The van der Waals surface area contributed by atoms with Gasteiger partial charge in [0.15, 0.2) is 17.6 Å². The molecule has 0 spiro atoms. The topological polar surface area (TPSA) is 79.3 Å². The van der Waals surface area contributed by atoms with Crippen LogP contribution in [0.3, 0.4) is 0 Å². The lowest BCUT2D eigenvalue weighted by molar-refractivity contribution is -0.137. The van der Waals surface area contributed by atoms with Gasteiger partial charge < -0.3 is 9.84 Å². The molecule has 2 aliphatic rings. The summed E-state index contributed by atoms with van der Waals surface area (Å²) in [4.78, 5) is 33.4. The van der Waals surface area contributed by atoms with Gasteiger partial charge in [-0.2, -0.15) is 13.2 Å². The fourth-order valence-corrected chi connectivity index (χ4v) is 4.58. The summed E-state index contributed by atoms with van der Waals surface area (Å²) in [7, 11) is 1.36. The molecule has 1 N–H and O–H groups in total. The summed E-state index contributed by atoms with van der Waals surface area (Å²) >= 11 is 0. The number of methoxy groups -OCH3 is 1. The molecular formula is C25H19F3N2O5. The Morgan fingerprint density at radius 1 is 0.943 bits per heavy atom. The van der Waals surface area contributed by atoms with Crippen molar-refractivity contribution in [2.45, 2.75) is 18.3 Å². The lowest BCUT2D eigenvalue weighted by Gasteiger charge is -2.29. The molecule has 0 saturated carbocycles. The molecule has 2 aliphatic heterocycles. The Morgan fingerprint density at radius 3 is 2.31 bits per heavy atom. The number of phenols is 1. The summed E-state index contributed by atoms with van der Waals surface area (Å²) in [5, 5.41) is 11.4. The summed E-state index contributed by atoms with van der Waals surface area (Å²) in [6.45, 7) is 0. The quantitative estimate of drug-likeness (QED) is 0.551. The van der Waals surface area contributed by atoms with E-state index in [1.807, 2.05) is 0 Å². The van der Waals surface area contributed by atoms with Gasteiger partial charge in [-0.3, -0.25) is 14.4 Å². The smallest absolute Gasteiger partial charge is 0.418 e. The zero-order valence-electron chi connectivity index (χ0n) is 18.3. The number of hydrogen-bond donors (Lipinski definition) is 1. The van der Waals surface area contributed by atoms with Gasteiger partial charge in [0, 0.05) is 0 Å². The van der Waals surface area contributed by atoms with Gasteiger partial charge in [0.05, 0.1) is 30.1 Å². The molecule has 0 unspecified atom stereocenters. The van der Waals surface area contributed by atoms with E-state index in [0.29, 0.717) is 16.2 Å². The number of phenolic OH excluding ortho intramolecular Hbond substituents is 1. The number of imide groups is 1. The number of amides is 2. The minimum Gasteiger partial charge on any atom is -0.504 e. The Hall–Kier alpha value is -4.05. The molecule has 35 heavy (non-hydrogen) atoms. The molecule has 2 heterocycles. The average molecular weight is 484 g/mol. The van der Waals surface area contributed by atoms with Crippen molar-refractivity contribution < 1.29 is 37.4 Å². The van der Waals surface area contributed by atoms with Gasteiger partial charge >= 0.3 is 6.18 Å². The molecular weight excluding hydrogens is 465 g/mol. The third-order valence-corrected chi connectivity index (χ3v) is 6.12.